The molecule has 0 spiro atoms. The summed E-state index contributed by atoms with van der Waals surface area (Å²) in [5, 5.41) is 1.43. The van der Waals surface area contributed by atoms with Gasteiger partial charge in [-0.3, -0.25) is 9.59 Å². The van der Waals surface area contributed by atoms with E-state index in [9.17, 15) is 14.0 Å². The van der Waals surface area contributed by atoms with Crippen molar-refractivity contribution in [3.63, 3.8) is 0 Å². The molecule has 2 rings (SSSR count). The van der Waals surface area contributed by atoms with Crippen molar-refractivity contribution in [1.82, 2.24) is 4.57 Å². The number of carbonyl (C=O) groups excluding carboxylic acids is 2. The number of ether oxygens (including phenoxy) is 1. The first kappa shape index (κ1) is 15.4. The van der Waals surface area contributed by atoms with Gasteiger partial charge in [-0.1, -0.05) is 11.6 Å². The van der Waals surface area contributed by atoms with Crippen LogP contribution in [0.1, 0.15) is 18.6 Å². The number of rotatable bonds is 2. The number of hydrogen-bond donors (Lipinski definition) is 0. The van der Waals surface area contributed by atoms with E-state index in [4.69, 9.17) is 16.3 Å². The molecule has 21 heavy (non-hydrogen) atoms. The number of carbonyl (C=O) groups is 2. The minimum absolute atomic E-state index is 0.0672. The number of esters is 1. The molecule has 0 radical (unpaired) electrons. The van der Waals surface area contributed by atoms with Gasteiger partial charge in [0.2, 0.25) is 11.8 Å². The van der Waals surface area contributed by atoms with Gasteiger partial charge in [0.25, 0.3) is 0 Å². The van der Waals surface area contributed by atoms with Crippen molar-refractivity contribution < 1.29 is 18.7 Å². The highest BCUT2D eigenvalue weighted by molar-refractivity contribution is 7.07. The van der Waals surface area contributed by atoms with Crippen LogP contribution in [0.3, 0.4) is 0 Å². The predicted octanol–water partition coefficient (Wildman–Crippen LogP) is 3.16. The third kappa shape index (κ3) is 3.56. The molecule has 110 valence electrons. The van der Waals surface area contributed by atoms with Gasteiger partial charge in [0.05, 0.1) is 16.1 Å². The van der Waals surface area contributed by atoms with Gasteiger partial charge in [-0.25, -0.2) is 13.9 Å². The summed E-state index contributed by atoms with van der Waals surface area (Å²) < 4.78 is 19.2. The Morgan fingerprint density at radius 1 is 1.38 bits per heavy atom. The van der Waals surface area contributed by atoms with Crippen LogP contribution in [-0.2, 0) is 4.79 Å². The Morgan fingerprint density at radius 3 is 2.67 bits per heavy atom. The Bertz CT molecular complexity index is 782. The first-order valence-corrected chi connectivity index (χ1v) is 7.04. The first-order chi connectivity index (χ1) is 9.88. The van der Waals surface area contributed by atoms with Crippen LogP contribution in [0.25, 0.3) is 0 Å². The average molecular weight is 329 g/mol. The molecule has 0 saturated heterocycles. The highest BCUT2D eigenvalue weighted by atomic mass is 35.5. The van der Waals surface area contributed by atoms with E-state index >= 15 is 0 Å². The second-order valence-electron chi connectivity index (χ2n) is 4.01. The third-order valence-electron chi connectivity index (χ3n) is 2.37. The predicted molar refractivity (Wildman–Crippen MR) is 76.6 cm³/mol. The van der Waals surface area contributed by atoms with Crippen molar-refractivity contribution in [3.05, 3.63) is 39.2 Å². The van der Waals surface area contributed by atoms with Gasteiger partial charge in [0.15, 0.2) is 4.80 Å². The summed E-state index contributed by atoms with van der Waals surface area (Å²) in [6, 6.07) is 3.95. The van der Waals surface area contributed by atoms with Crippen LogP contribution in [0.5, 0.6) is 5.88 Å². The maximum absolute atomic E-state index is 13.1. The van der Waals surface area contributed by atoms with Crippen LogP contribution in [-0.4, -0.2) is 16.4 Å². The lowest BCUT2D eigenvalue weighted by molar-refractivity contribution is -0.132. The van der Waals surface area contributed by atoms with E-state index in [1.165, 1.54) is 37.4 Å². The molecule has 1 heterocycles. The first-order valence-electron chi connectivity index (χ1n) is 5.78. The van der Waals surface area contributed by atoms with Crippen LogP contribution < -0.4 is 9.54 Å². The summed E-state index contributed by atoms with van der Waals surface area (Å²) in [6.45, 7) is 2.55. The second kappa shape index (κ2) is 6.19. The Kier molecular flexibility index (Phi) is 4.54. The fraction of sp³-hybridized carbons (Fsp3) is 0.154. The lowest BCUT2D eigenvalue weighted by Gasteiger charge is -2.03. The monoisotopic (exact) mass is 328 g/mol. The second-order valence-corrected chi connectivity index (χ2v) is 5.26. The Balaban J connectivity index is 2.54. The fourth-order valence-electron chi connectivity index (χ4n) is 1.55. The molecule has 0 saturated carbocycles. The molecule has 0 amide bonds. The van der Waals surface area contributed by atoms with Crippen molar-refractivity contribution in [3.8, 4) is 5.88 Å². The van der Waals surface area contributed by atoms with Crippen molar-refractivity contribution in [2.24, 2.45) is 4.99 Å². The number of benzene rings is 1. The third-order valence-corrected chi connectivity index (χ3v) is 3.46. The maximum atomic E-state index is 13.1. The molecule has 0 N–H and O–H groups in total. The van der Waals surface area contributed by atoms with Crippen LogP contribution >= 0.6 is 22.9 Å². The Hall–Kier alpha value is -1.99. The van der Waals surface area contributed by atoms with E-state index in [2.05, 4.69) is 4.99 Å². The molecule has 0 bridgehead atoms. The van der Waals surface area contributed by atoms with E-state index < -0.39 is 11.8 Å². The highest BCUT2D eigenvalue weighted by Gasteiger charge is 2.12. The van der Waals surface area contributed by atoms with Gasteiger partial charge < -0.3 is 4.74 Å². The number of thiazole rings is 1. The SMILES string of the molecule is CC(=O)Oc1csc(=Nc2ccc(F)c(Cl)c2)n1C(C)=O. The topological polar surface area (TPSA) is 60.7 Å². The summed E-state index contributed by atoms with van der Waals surface area (Å²) in [4.78, 5) is 27.2. The van der Waals surface area contributed by atoms with Gasteiger partial charge in [-0.15, -0.1) is 11.3 Å². The highest BCUT2D eigenvalue weighted by Crippen LogP contribution is 2.21. The molecule has 8 heteroatoms. The summed E-state index contributed by atoms with van der Waals surface area (Å²) in [7, 11) is 0. The molecular weight excluding hydrogens is 319 g/mol. The van der Waals surface area contributed by atoms with E-state index in [0.717, 1.165) is 15.9 Å². The van der Waals surface area contributed by atoms with Gasteiger partial charge in [0.1, 0.15) is 5.82 Å². The summed E-state index contributed by atoms with van der Waals surface area (Å²) in [6.07, 6.45) is 0. The number of hydrogen-bond acceptors (Lipinski definition) is 5. The molecule has 0 unspecified atom stereocenters. The minimum Gasteiger partial charge on any atom is -0.408 e. The largest absolute Gasteiger partial charge is 0.408 e. The summed E-state index contributed by atoms with van der Waals surface area (Å²) in [5.41, 5.74) is 0.382. The molecule has 0 atom stereocenters. The smallest absolute Gasteiger partial charge is 0.309 e. The van der Waals surface area contributed by atoms with Crippen LogP contribution in [0, 0.1) is 5.82 Å². The molecule has 0 aliphatic carbocycles. The molecule has 0 fully saturated rings. The number of nitrogens with zero attached hydrogens (tertiary/aromatic N) is 2. The molecule has 0 aliphatic rings. The molecule has 0 aliphatic heterocycles. The standard InChI is InChI=1S/C13H10ClFN2O3S/c1-7(18)17-12(20-8(2)19)6-21-13(17)16-9-3-4-11(15)10(14)5-9/h3-6H,1-2H3. The number of aromatic nitrogens is 1. The zero-order valence-corrected chi connectivity index (χ0v) is 12.7. The quantitative estimate of drug-likeness (QED) is 0.796. The van der Waals surface area contributed by atoms with Gasteiger partial charge in [0, 0.05) is 13.8 Å². The average Bonchev–Trinajstić information content (AvgIpc) is 2.76. The van der Waals surface area contributed by atoms with Crippen molar-refractivity contribution >= 4 is 40.5 Å². The Labute approximate surface area is 128 Å². The van der Waals surface area contributed by atoms with Crippen LogP contribution in [0.2, 0.25) is 5.02 Å². The molecule has 5 nitrogen and oxygen atoms in total. The molecule has 1 aromatic carbocycles. The summed E-state index contributed by atoms with van der Waals surface area (Å²) in [5.74, 6) is -1.37. The fourth-order valence-corrected chi connectivity index (χ4v) is 2.57. The van der Waals surface area contributed by atoms with E-state index in [-0.39, 0.29) is 16.8 Å². The zero-order valence-electron chi connectivity index (χ0n) is 11.1. The van der Waals surface area contributed by atoms with Crippen molar-refractivity contribution in [1.29, 1.82) is 0 Å². The molecule has 2 aromatic rings. The van der Waals surface area contributed by atoms with E-state index in [1.54, 1.807) is 0 Å². The van der Waals surface area contributed by atoms with Crippen LogP contribution in [0.15, 0.2) is 28.6 Å². The van der Waals surface area contributed by atoms with Crippen LogP contribution in [0.4, 0.5) is 10.1 Å². The summed E-state index contributed by atoms with van der Waals surface area (Å²) >= 11 is 6.79. The van der Waals surface area contributed by atoms with Crippen molar-refractivity contribution in [2.75, 3.05) is 0 Å². The van der Waals surface area contributed by atoms with E-state index in [0.29, 0.717) is 10.5 Å². The van der Waals surface area contributed by atoms with Gasteiger partial charge in [-0.05, 0) is 18.2 Å². The number of halogens is 2. The Morgan fingerprint density at radius 2 is 2.10 bits per heavy atom. The van der Waals surface area contributed by atoms with E-state index in [1.807, 2.05) is 0 Å². The normalized spacial score (nSPS) is 11.5. The zero-order chi connectivity index (χ0) is 15.6. The minimum atomic E-state index is -0.554. The molecular formula is C13H10ClFN2O3S. The lowest BCUT2D eigenvalue weighted by Crippen LogP contribution is -2.22. The van der Waals surface area contributed by atoms with Gasteiger partial charge in [-0.2, -0.15) is 0 Å². The lowest BCUT2D eigenvalue weighted by atomic mass is 10.3. The maximum Gasteiger partial charge on any atom is 0.309 e. The van der Waals surface area contributed by atoms with Gasteiger partial charge >= 0.3 is 5.97 Å². The van der Waals surface area contributed by atoms with Crippen molar-refractivity contribution in [2.45, 2.75) is 13.8 Å². The molecule has 1 aromatic heterocycles.